The Balaban J connectivity index is 1.34. The zero-order valence-corrected chi connectivity index (χ0v) is 16.3. The lowest BCUT2D eigenvalue weighted by Crippen LogP contribution is -2.54. The standard InChI is InChI=1S/C21H27N5O2/c1-24-18(6-2-3-7-20(24)27)15-25-12-16(13-25)14-26-21(28)9-8-19(23-26)17-5-4-10-22-11-17/h4-5,8-11,16,18H,2-3,6-7,12-15H2,1H3. The van der Waals surface area contributed by atoms with E-state index in [4.69, 9.17) is 0 Å². The van der Waals surface area contributed by atoms with Crippen molar-refractivity contribution in [3.63, 3.8) is 0 Å². The maximum Gasteiger partial charge on any atom is 0.266 e. The van der Waals surface area contributed by atoms with Gasteiger partial charge in [-0.15, -0.1) is 0 Å². The molecule has 0 spiro atoms. The van der Waals surface area contributed by atoms with E-state index in [2.05, 4.69) is 15.0 Å². The minimum atomic E-state index is -0.0693. The first-order valence-corrected chi connectivity index (χ1v) is 10.1. The highest BCUT2D eigenvalue weighted by Gasteiger charge is 2.32. The van der Waals surface area contributed by atoms with Gasteiger partial charge in [0.25, 0.3) is 5.56 Å². The summed E-state index contributed by atoms with van der Waals surface area (Å²) in [6.07, 6.45) is 7.37. The van der Waals surface area contributed by atoms with Crippen LogP contribution in [0.3, 0.4) is 0 Å². The third-order valence-corrected chi connectivity index (χ3v) is 5.88. The molecule has 0 radical (unpaired) electrons. The summed E-state index contributed by atoms with van der Waals surface area (Å²) < 4.78 is 1.58. The Bertz CT molecular complexity index is 876. The number of carbonyl (C=O) groups excluding carboxylic acids is 1. The smallest absolute Gasteiger partial charge is 0.266 e. The second kappa shape index (κ2) is 8.22. The highest BCUT2D eigenvalue weighted by molar-refractivity contribution is 5.76. The molecule has 0 aliphatic carbocycles. The molecule has 0 saturated carbocycles. The number of aromatic nitrogens is 3. The summed E-state index contributed by atoms with van der Waals surface area (Å²) in [5, 5.41) is 4.53. The van der Waals surface area contributed by atoms with E-state index < -0.39 is 0 Å². The van der Waals surface area contributed by atoms with Gasteiger partial charge in [-0.1, -0.05) is 6.42 Å². The van der Waals surface area contributed by atoms with Gasteiger partial charge in [-0.05, 0) is 31.0 Å². The Morgan fingerprint density at radius 2 is 1.96 bits per heavy atom. The third kappa shape index (κ3) is 4.14. The molecule has 7 nitrogen and oxygen atoms in total. The molecule has 4 heterocycles. The Morgan fingerprint density at radius 3 is 2.75 bits per heavy atom. The van der Waals surface area contributed by atoms with Crippen LogP contribution in [0.5, 0.6) is 0 Å². The first-order chi connectivity index (χ1) is 13.6. The van der Waals surface area contributed by atoms with Gasteiger partial charge >= 0.3 is 0 Å². The third-order valence-electron chi connectivity index (χ3n) is 5.88. The predicted molar refractivity (Wildman–Crippen MR) is 107 cm³/mol. The van der Waals surface area contributed by atoms with Gasteiger partial charge < -0.3 is 9.80 Å². The maximum atomic E-state index is 12.2. The number of amides is 1. The Labute approximate surface area is 165 Å². The number of carbonyl (C=O) groups is 1. The second-order valence-electron chi connectivity index (χ2n) is 7.97. The molecule has 7 heteroatoms. The van der Waals surface area contributed by atoms with Gasteiger partial charge in [-0.3, -0.25) is 14.6 Å². The summed E-state index contributed by atoms with van der Waals surface area (Å²) in [4.78, 5) is 32.7. The van der Waals surface area contributed by atoms with Crippen LogP contribution >= 0.6 is 0 Å². The number of hydrogen-bond donors (Lipinski definition) is 0. The lowest BCUT2D eigenvalue weighted by Gasteiger charge is -2.42. The number of nitrogens with zero attached hydrogens (tertiary/aromatic N) is 5. The Morgan fingerprint density at radius 1 is 1.11 bits per heavy atom. The Hall–Kier alpha value is -2.54. The van der Waals surface area contributed by atoms with Crippen LogP contribution in [0.2, 0.25) is 0 Å². The molecular weight excluding hydrogens is 354 g/mol. The lowest BCUT2D eigenvalue weighted by molar-refractivity contribution is -0.132. The van der Waals surface area contributed by atoms with Crippen molar-refractivity contribution in [2.24, 2.45) is 5.92 Å². The maximum absolute atomic E-state index is 12.2. The fourth-order valence-corrected chi connectivity index (χ4v) is 4.18. The van der Waals surface area contributed by atoms with Crippen molar-refractivity contribution >= 4 is 5.91 Å². The van der Waals surface area contributed by atoms with E-state index in [9.17, 15) is 9.59 Å². The molecule has 2 aromatic rings. The summed E-state index contributed by atoms with van der Waals surface area (Å²) in [5.74, 6) is 0.684. The molecule has 2 aromatic heterocycles. The van der Waals surface area contributed by atoms with E-state index in [1.807, 2.05) is 24.1 Å². The normalized spacial score (nSPS) is 21.4. The molecule has 2 fully saturated rings. The second-order valence-corrected chi connectivity index (χ2v) is 7.97. The largest absolute Gasteiger partial charge is 0.341 e. The lowest BCUT2D eigenvalue weighted by atomic mass is 9.98. The zero-order chi connectivity index (χ0) is 19.5. The molecule has 2 aliphatic heterocycles. The summed E-state index contributed by atoms with van der Waals surface area (Å²) in [7, 11) is 1.93. The van der Waals surface area contributed by atoms with Crippen molar-refractivity contribution in [3.05, 3.63) is 47.0 Å². The molecule has 2 aliphatic rings. The summed E-state index contributed by atoms with van der Waals surface area (Å²) >= 11 is 0. The molecule has 1 amide bonds. The van der Waals surface area contributed by atoms with Gasteiger partial charge in [0.2, 0.25) is 5.91 Å². The van der Waals surface area contributed by atoms with Crippen LogP contribution in [0.25, 0.3) is 11.3 Å². The minimum Gasteiger partial charge on any atom is -0.341 e. The molecule has 28 heavy (non-hydrogen) atoms. The average Bonchev–Trinajstić information content (AvgIpc) is 2.84. The van der Waals surface area contributed by atoms with Gasteiger partial charge in [0.1, 0.15) is 0 Å². The molecule has 4 rings (SSSR count). The van der Waals surface area contributed by atoms with Gasteiger partial charge in [0.05, 0.1) is 12.2 Å². The van der Waals surface area contributed by atoms with Crippen molar-refractivity contribution in [3.8, 4) is 11.3 Å². The van der Waals surface area contributed by atoms with Gasteiger partial charge in [0.15, 0.2) is 0 Å². The van der Waals surface area contributed by atoms with Crippen molar-refractivity contribution in [1.29, 1.82) is 0 Å². The van der Waals surface area contributed by atoms with Crippen molar-refractivity contribution in [1.82, 2.24) is 24.6 Å². The van der Waals surface area contributed by atoms with Gasteiger partial charge in [0, 0.05) is 69.1 Å². The van der Waals surface area contributed by atoms with Crippen molar-refractivity contribution < 1.29 is 4.79 Å². The monoisotopic (exact) mass is 381 g/mol. The molecule has 1 atom stereocenters. The van der Waals surface area contributed by atoms with Crippen LogP contribution in [-0.4, -0.2) is 63.2 Å². The van der Waals surface area contributed by atoms with Crippen molar-refractivity contribution in [2.75, 3.05) is 26.7 Å². The van der Waals surface area contributed by atoms with Gasteiger partial charge in [-0.2, -0.15) is 5.10 Å². The summed E-state index contributed by atoms with van der Waals surface area (Å²) in [6.45, 7) is 3.45. The van der Waals surface area contributed by atoms with E-state index in [1.165, 1.54) is 0 Å². The van der Waals surface area contributed by atoms with Crippen LogP contribution in [0.15, 0.2) is 41.5 Å². The molecular formula is C21H27N5O2. The van der Waals surface area contributed by atoms with E-state index in [0.717, 1.165) is 50.2 Å². The van der Waals surface area contributed by atoms with Crippen LogP contribution in [-0.2, 0) is 11.3 Å². The predicted octanol–water partition coefficient (Wildman–Crippen LogP) is 1.64. The molecule has 0 N–H and O–H groups in total. The van der Waals surface area contributed by atoms with Crippen molar-refractivity contribution in [2.45, 2.75) is 38.3 Å². The molecule has 0 bridgehead atoms. The number of likely N-dealkylation sites (tertiary alicyclic amines) is 2. The van der Waals surface area contributed by atoms with E-state index >= 15 is 0 Å². The summed E-state index contributed by atoms with van der Waals surface area (Å²) in [6, 6.07) is 7.45. The number of likely N-dealkylation sites (N-methyl/N-ethyl adjacent to an activating group) is 1. The van der Waals surface area contributed by atoms with E-state index in [0.29, 0.717) is 24.9 Å². The zero-order valence-electron chi connectivity index (χ0n) is 16.3. The first-order valence-electron chi connectivity index (χ1n) is 10.1. The fourth-order valence-electron chi connectivity index (χ4n) is 4.18. The molecule has 148 valence electrons. The minimum absolute atomic E-state index is 0.0693. The quantitative estimate of drug-likeness (QED) is 0.787. The first kappa shape index (κ1) is 18.8. The Kier molecular flexibility index (Phi) is 5.52. The average molecular weight is 381 g/mol. The van der Waals surface area contributed by atoms with Crippen LogP contribution in [0.4, 0.5) is 0 Å². The number of pyridine rings is 1. The SMILES string of the molecule is CN1C(=O)CCCCC1CN1CC(Cn2nc(-c3cccnc3)ccc2=O)C1. The highest BCUT2D eigenvalue weighted by Crippen LogP contribution is 2.22. The fraction of sp³-hybridized carbons (Fsp3) is 0.524. The van der Waals surface area contributed by atoms with Crippen LogP contribution in [0, 0.1) is 5.92 Å². The number of hydrogen-bond acceptors (Lipinski definition) is 5. The van der Waals surface area contributed by atoms with E-state index in [-0.39, 0.29) is 11.5 Å². The van der Waals surface area contributed by atoms with Crippen LogP contribution < -0.4 is 5.56 Å². The molecule has 1 unspecified atom stereocenters. The summed E-state index contributed by atoms with van der Waals surface area (Å²) in [5.41, 5.74) is 1.61. The highest BCUT2D eigenvalue weighted by atomic mass is 16.2. The van der Waals surface area contributed by atoms with Gasteiger partial charge in [-0.25, -0.2) is 4.68 Å². The molecule has 2 saturated heterocycles. The van der Waals surface area contributed by atoms with E-state index in [1.54, 1.807) is 29.2 Å². The molecule has 0 aromatic carbocycles. The topological polar surface area (TPSA) is 71.3 Å². The van der Waals surface area contributed by atoms with Crippen LogP contribution in [0.1, 0.15) is 25.7 Å². The number of rotatable bonds is 5.